The van der Waals surface area contributed by atoms with Crippen molar-refractivity contribution in [3.05, 3.63) is 255 Å². The molecule has 0 aliphatic heterocycles. The fourth-order valence-electron chi connectivity index (χ4n) is 10.8. The van der Waals surface area contributed by atoms with E-state index < -0.39 is 0 Å². The lowest BCUT2D eigenvalue weighted by Gasteiger charge is -2.26. The van der Waals surface area contributed by atoms with Crippen LogP contribution in [-0.2, 0) is 0 Å². The summed E-state index contributed by atoms with van der Waals surface area (Å²) in [4.78, 5) is 2.36. The zero-order valence-electron chi connectivity index (χ0n) is 37.6. The lowest BCUT2D eigenvalue weighted by atomic mass is 9.95. The minimum atomic E-state index is 0.874. The molecule has 0 atom stereocenters. The molecule has 0 amide bonds. The van der Waals surface area contributed by atoms with Crippen LogP contribution >= 0.6 is 0 Å². The number of benzene rings is 12. The van der Waals surface area contributed by atoms with Gasteiger partial charge in [-0.3, -0.25) is 0 Å². The third-order valence-corrected chi connectivity index (χ3v) is 14.1. The molecule has 0 unspecified atom stereocenters. The van der Waals surface area contributed by atoms with Crippen molar-refractivity contribution in [3.63, 3.8) is 0 Å². The summed E-state index contributed by atoms with van der Waals surface area (Å²) in [5.74, 6) is 0. The summed E-state index contributed by atoms with van der Waals surface area (Å²) in [7, 11) is 0. The molecular weight excluding hydrogens is 837 g/mol. The van der Waals surface area contributed by atoms with E-state index >= 15 is 0 Å². The summed E-state index contributed by atoms with van der Waals surface area (Å²) in [6, 6.07) is 92.5. The number of hydrogen-bond donors (Lipinski definition) is 0. The van der Waals surface area contributed by atoms with Gasteiger partial charge in [-0.1, -0.05) is 170 Å². The molecule has 12 aromatic carbocycles. The average Bonchev–Trinajstić information content (AvgIpc) is 3.97. The maximum atomic E-state index is 6.58. The maximum absolute atomic E-state index is 6.58. The van der Waals surface area contributed by atoms with Gasteiger partial charge in [-0.2, -0.15) is 0 Å². The van der Waals surface area contributed by atoms with Crippen LogP contribution in [0.1, 0.15) is 0 Å². The Labute approximate surface area is 399 Å². The van der Waals surface area contributed by atoms with Crippen LogP contribution in [0.2, 0.25) is 0 Å². The summed E-state index contributed by atoms with van der Waals surface area (Å²) in [6.45, 7) is 0. The molecule has 0 saturated heterocycles. The normalized spacial score (nSPS) is 11.8. The second-order valence-corrected chi connectivity index (χ2v) is 18.1. The molecule has 14 rings (SSSR count). The van der Waals surface area contributed by atoms with Crippen LogP contribution in [0.25, 0.3) is 115 Å². The van der Waals surface area contributed by atoms with Gasteiger partial charge in [0.2, 0.25) is 0 Å². The van der Waals surface area contributed by atoms with Gasteiger partial charge in [0.05, 0.1) is 11.0 Å². The van der Waals surface area contributed by atoms with Gasteiger partial charge in [-0.05, 0) is 145 Å². The fraction of sp³-hybridized carbons (Fsp3) is 0. The van der Waals surface area contributed by atoms with E-state index in [2.05, 4.69) is 264 Å². The lowest BCUT2D eigenvalue weighted by molar-refractivity contribution is 0.672. The lowest BCUT2D eigenvalue weighted by Crippen LogP contribution is -2.09. The molecule has 322 valence electrons. The zero-order chi connectivity index (χ0) is 45.4. The van der Waals surface area contributed by atoms with Crippen LogP contribution in [0.3, 0.4) is 0 Å². The number of furan rings is 1. The van der Waals surface area contributed by atoms with Gasteiger partial charge in [-0.25, -0.2) is 0 Å². The molecule has 0 saturated carbocycles. The molecule has 2 heterocycles. The second kappa shape index (κ2) is 15.7. The average molecular weight is 879 g/mol. The van der Waals surface area contributed by atoms with Crippen LogP contribution in [-0.4, -0.2) is 4.57 Å². The number of para-hydroxylation sites is 2. The highest BCUT2D eigenvalue weighted by molar-refractivity contribution is 6.16. The van der Waals surface area contributed by atoms with Crippen molar-refractivity contribution >= 4 is 93.1 Å². The smallest absolute Gasteiger partial charge is 0.143 e. The van der Waals surface area contributed by atoms with E-state index in [0.717, 1.165) is 66.8 Å². The molecule has 0 aliphatic rings. The fourth-order valence-corrected chi connectivity index (χ4v) is 10.8. The molecule has 2 aromatic heterocycles. The number of fused-ring (bicyclic) bond motifs is 11. The van der Waals surface area contributed by atoms with Gasteiger partial charge in [0.25, 0.3) is 0 Å². The van der Waals surface area contributed by atoms with Crippen LogP contribution in [0, 0.1) is 0 Å². The number of rotatable bonds is 7. The third kappa shape index (κ3) is 6.51. The molecule has 0 aliphatic carbocycles. The number of nitrogens with zero attached hydrogens (tertiary/aromatic N) is 2. The summed E-state index contributed by atoms with van der Waals surface area (Å²) in [5, 5.41) is 12.1. The van der Waals surface area contributed by atoms with Gasteiger partial charge in [0.1, 0.15) is 11.2 Å². The predicted octanol–water partition coefficient (Wildman–Crippen LogP) is 18.6. The third-order valence-electron chi connectivity index (χ3n) is 14.1. The minimum absolute atomic E-state index is 0.874. The molecule has 69 heavy (non-hydrogen) atoms. The molecule has 0 N–H and O–H groups in total. The SMILES string of the molecule is c1cc(-c2ccc(N(c3ccc(-c4cccc(-n5c6ccccc6c6ccccc65)c4)cc3)c3ccc4oc5c6ccccc6ccc5c4c3)cc2)cc(-c2ccc3c(ccc4ccccc43)c2)c1. The molecule has 0 fully saturated rings. The Morgan fingerprint density at radius 3 is 1.48 bits per heavy atom. The van der Waals surface area contributed by atoms with Crippen molar-refractivity contribution in [1.29, 1.82) is 0 Å². The summed E-state index contributed by atoms with van der Waals surface area (Å²) < 4.78 is 8.97. The Bertz CT molecular complexity index is 4260. The topological polar surface area (TPSA) is 21.3 Å². The number of aromatic nitrogens is 1. The first-order chi connectivity index (χ1) is 34.2. The van der Waals surface area contributed by atoms with E-state index in [1.54, 1.807) is 0 Å². The Morgan fingerprint density at radius 1 is 0.275 bits per heavy atom. The minimum Gasteiger partial charge on any atom is -0.455 e. The van der Waals surface area contributed by atoms with Gasteiger partial charge in [0.15, 0.2) is 0 Å². The summed E-state index contributed by atoms with van der Waals surface area (Å²) in [6.07, 6.45) is 0. The van der Waals surface area contributed by atoms with Gasteiger partial charge in [0, 0.05) is 49.7 Å². The van der Waals surface area contributed by atoms with E-state index in [-0.39, 0.29) is 0 Å². The quantitative estimate of drug-likeness (QED) is 0.149. The van der Waals surface area contributed by atoms with E-state index in [4.69, 9.17) is 4.42 Å². The molecule has 14 aromatic rings. The van der Waals surface area contributed by atoms with E-state index in [1.165, 1.54) is 65.4 Å². The van der Waals surface area contributed by atoms with Crippen molar-refractivity contribution in [3.8, 4) is 39.1 Å². The Morgan fingerprint density at radius 2 is 0.768 bits per heavy atom. The highest BCUT2D eigenvalue weighted by Gasteiger charge is 2.18. The second-order valence-electron chi connectivity index (χ2n) is 18.1. The Kier molecular flexibility index (Phi) is 8.90. The monoisotopic (exact) mass is 878 g/mol. The predicted molar refractivity (Wildman–Crippen MR) is 292 cm³/mol. The molecule has 0 spiro atoms. The highest BCUT2D eigenvalue weighted by Crippen LogP contribution is 2.42. The van der Waals surface area contributed by atoms with Crippen LogP contribution in [0.4, 0.5) is 17.1 Å². The van der Waals surface area contributed by atoms with Gasteiger partial charge in [-0.15, -0.1) is 0 Å². The van der Waals surface area contributed by atoms with Crippen LogP contribution in [0.15, 0.2) is 259 Å². The zero-order valence-corrected chi connectivity index (χ0v) is 37.6. The standard InChI is InChI=1S/C66H42N2O/c1-3-17-56-45(11-1)23-24-51-40-50(30-36-57(51)56)48-14-9-13-47(39-48)43-25-31-52(32-26-43)67(55-35-38-65-62(42-55)61-37-29-46-12-2-4-18-58(46)66(61)69-65)53-33-27-44(28-34-53)49-15-10-16-54(41-49)68-63-21-7-5-19-59(63)60-20-6-8-22-64(60)68/h1-42H. The van der Waals surface area contributed by atoms with Gasteiger partial charge < -0.3 is 13.9 Å². The van der Waals surface area contributed by atoms with E-state index in [9.17, 15) is 0 Å². The molecular formula is C66H42N2O. The van der Waals surface area contributed by atoms with Gasteiger partial charge >= 0.3 is 0 Å². The highest BCUT2D eigenvalue weighted by atomic mass is 16.3. The molecule has 0 radical (unpaired) electrons. The van der Waals surface area contributed by atoms with Crippen LogP contribution < -0.4 is 4.90 Å². The van der Waals surface area contributed by atoms with Crippen molar-refractivity contribution in [1.82, 2.24) is 4.57 Å². The van der Waals surface area contributed by atoms with Crippen molar-refractivity contribution < 1.29 is 4.42 Å². The summed E-state index contributed by atoms with van der Waals surface area (Å²) in [5.41, 5.74) is 15.6. The van der Waals surface area contributed by atoms with E-state index in [1.807, 2.05) is 0 Å². The maximum Gasteiger partial charge on any atom is 0.143 e. The Hall–Kier alpha value is -9.18. The molecule has 3 nitrogen and oxygen atoms in total. The van der Waals surface area contributed by atoms with Crippen molar-refractivity contribution in [2.24, 2.45) is 0 Å². The number of anilines is 3. The Balaban J connectivity index is 0.844. The first-order valence-electron chi connectivity index (χ1n) is 23.6. The van der Waals surface area contributed by atoms with Crippen LogP contribution in [0.5, 0.6) is 0 Å². The first kappa shape index (κ1) is 39.0. The largest absolute Gasteiger partial charge is 0.455 e. The summed E-state index contributed by atoms with van der Waals surface area (Å²) >= 11 is 0. The van der Waals surface area contributed by atoms with Crippen molar-refractivity contribution in [2.75, 3.05) is 4.90 Å². The molecule has 3 heteroatoms. The first-order valence-corrected chi connectivity index (χ1v) is 23.6. The van der Waals surface area contributed by atoms with E-state index in [0.29, 0.717) is 0 Å². The van der Waals surface area contributed by atoms with Crippen molar-refractivity contribution in [2.45, 2.75) is 0 Å². The molecule has 0 bridgehead atoms. The number of hydrogen-bond acceptors (Lipinski definition) is 2.